The molecule has 0 heterocycles. The predicted octanol–water partition coefficient (Wildman–Crippen LogP) is -3.31. The molecular weight excluding hydrogens is 469 g/mol. The molecule has 11 nitrogen and oxygen atoms in total. The van der Waals surface area contributed by atoms with Gasteiger partial charge < -0.3 is 68.3 Å². The van der Waals surface area contributed by atoms with Gasteiger partial charge >= 0.3 is 18.1 Å². The number of primary amides is 6. The minimum absolute atomic E-state index is 0. The van der Waals surface area contributed by atoms with Crippen LogP contribution < -0.4 is 58.4 Å². The van der Waals surface area contributed by atoms with Crippen LogP contribution in [0.25, 0.3) is 0 Å². The van der Waals surface area contributed by atoms with Gasteiger partial charge in [-0.15, -0.1) is 0 Å². The van der Waals surface area contributed by atoms with E-state index in [4.69, 9.17) is 14.4 Å². The number of rotatable bonds is 8. The Labute approximate surface area is 180 Å². The van der Waals surface area contributed by atoms with Crippen molar-refractivity contribution in [3.8, 4) is 0 Å². The second kappa shape index (κ2) is 29.2. The van der Waals surface area contributed by atoms with Crippen LogP contribution >= 0.6 is 0 Å². The number of carbonyl (C=O) groups is 3. The second-order valence-corrected chi connectivity index (χ2v) is 5.44. The van der Waals surface area contributed by atoms with E-state index >= 15 is 0 Å². The van der Waals surface area contributed by atoms with Gasteiger partial charge in [-0.2, -0.15) is 0 Å². The van der Waals surface area contributed by atoms with Gasteiger partial charge in [-0.1, -0.05) is 27.7 Å². The fourth-order valence-electron chi connectivity index (χ4n) is 2.57. The lowest BCUT2D eigenvalue weighted by Crippen LogP contribution is -3.00. The van der Waals surface area contributed by atoms with Crippen molar-refractivity contribution >= 4 is 18.1 Å². The van der Waals surface area contributed by atoms with Gasteiger partial charge in [-0.05, 0) is 25.7 Å². The molecule has 168 valence electrons. The lowest BCUT2D eigenvalue weighted by molar-refractivity contribution is -0.928. The molecule has 0 aromatic carbocycles. The Balaban J connectivity index is -0.0000000655. The predicted molar refractivity (Wildman–Crippen MR) is 106 cm³/mol. The molecule has 0 fully saturated rings. The fourth-order valence-corrected chi connectivity index (χ4v) is 2.57. The summed E-state index contributed by atoms with van der Waals surface area (Å²) in [6.07, 6.45) is 5.33. The summed E-state index contributed by atoms with van der Waals surface area (Å²) in [6.45, 7) is 14.8. The summed E-state index contributed by atoms with van der Waals surface area (Å²) in [5.41, 5.74) is 25.5. The maximum atomic E-state index is 9.00. The van der Waals surface area contributed by atoms with E-state index in [-0.39, 0.29) is 29.5 Å². The molecule has 0 saturated heterocycles. The summed E-state index contributed by atoms with van der Waals surface area (Å²) in [5, 5.41) is 0. The number of urea groups is 3. The van der Waals surface area contributed by atoms with Gasteiger partial charge in [0, 0.05) is 0 Å². The molecule has 0 aliphatic heterocycles. The van der Waals surface area contributed by atoms with Crippen molar-refractivity contribution in [3.63, 3.8) is 0 Å². The average Bonchev–Trinajstić information content (AvgIpc) is 2.37. The SMILES string of the molecule is CCC[N+](CCC)(CCC)CCC.NC(N)=O.NC(N)=O.NC(N)=O.O.[I-]. The minimum Gasteiger partial charge on any atom is -1.00 e. The van der Waals surface area contributed by atoms with Crippen LogP contribution in [0.5, 0.6) is 0 Å². The Morgan fingerprint density at radius 2 is 0.667 bits per heavy atom. The van der Waals surface area contributed by atoms with Gasteiger partial charge in [0.2, 0.25) is 0 Å². The molecule has 27 heavy (non-hydrogen) atoms. The number of hydrogen-bond donors (Lipinski definition) is 6. The van der Waals surface area contributed by atoms with Crippen LogP contribution in [0.4, 0.5) is 14.4 Å². The molecule has 0 spiro atoms. The van der Waals surface area contributed by atoms with E-state index in [9.17, 15) is 0 Å². The first-order valence-corrected chi connectivity index (χ1v) is 8.44. The Morgan fingerprint density at radius 3 is 0.741 bits per heavy atom. The molecule has 6 amide bonds. The summed E-state index contributed by atoms with van der Waals surface area (Å²) in [7, 11) is 0. The number of hydrogen-bond acceptors (Lipinski definition) is 3. The van der Waals surface area contributed by atoms with Crippen LogP contribution in [0.3, 0.4) is 0 Å². The molecule has 0 aliphatic rings. The van der Waals surface area contributed by atoms with E-state index in [2.05, 4.69) is 62.1 Å². The number of carbonyl (C=O) groups excluding carboxylic acids is 3. The van der Waals surface area contributed by atoms with E-state index in [1.165, 1.54) is 56.3 Å². The molecule has 0 rings (SSSR count). The third kappa shape index (κ3) is 59.0. The summed E-state index contributed by atoms with van der Waals surface area (Å²) in [5.74, 6) is 0. The van der Waals surface area contributed by atoms with Crippen LogP contribution in [0.15, 0.2) is 0 Å². The van der Waals surface area contributed by atoms with E-state index in [0.717, 1.165) is 0 Å². The van der Waals surface area contributed by atoms with Gasteiger partial charge in [0.05, 0.1) is 26.2 Å². The van der Waals surface area contributed by atoms with Crippen molar-refractivity contribution in [1.29, 1.82) is 0 Å². The number of nitrogens with zero attached hydrogens (tertiary/aromatic N) is 1. The summed E-state index contributed by atoms with van der Waals surface area (Å²) < 4.78 is 1.38. The van der Waals surface area contributed by atoms with Crippen molar-refractivity contribution in [2.24, 2.45) is 34.4 Å². The fraction of sp³-hybridized carbons (Fsp3) is 0.800. The van der Waals surface area contributed by atoms with Crippen LogP contribution in [-0.2, 0) is 0 Å². The monoisotopic (exact) mass is 511 g/mol. The van der Waals surface area contributed by atoms with E-state index < -0.39 is 18.1 Å². The first-order valence-electron chi connectivity index (χ1n) is 8.44. The van der Waals surface area contributed by atoms with Gasteiger partial charge in [0.1, 0.15) is 0 Å². The topological polar surface area (TPSA) is 239 Å². The quantitative estimate of drug-likeness (QED) is 0.145. The highest BCUT2D eigenvalue weighted by molar-refractivity contribution is 5.69. The van der Waals surface area contributed by atoms with Crippen molar-refractivity contribution in [3.05, 3.63) is 0 Å². The Morgan fingerprint density at radius 1 is 0.556 bits per heavy atom. The third-order valence-electron chi connectivity index (χ3n) is 2.79. The maximum absolute atomic E-state index is 9.00. The first-order chi connectivity index (χ1) is 11.4. The molecule has 0 unspecified atom stereocenters. The van der Waals surface area contributed by atoms with Crippen LogP contribution in [0, 0.1) is 0 Å². The zero-order chi connectivity index (χ0) is 20.9. The summed E-state index contributed by atoms with van der Waals surface area (Å²) >= 11 is 0. The van der Waals surface area contributed by atoms with Crippen molar-refractivity contribution < 1.29 is 48.3 Å². The molecule has 0 saturated carbocycles. The molecular formula is C15H42IN7O4. The average molecular weight is 511 g/mol. The maximum Gasteiger partial charge on any atom is 0.309 e. The number of halogens is 1. The smallest absolute Gasteiger partial charge is 0.309 e. The number of nitrogens with two attached hydrogens (primary N) is 6. The molecule has 0 aromatic rings. The molecule has 0 atom stereocenters. The molecule has 14 N–H and O–H groups in total. The highest BCUT2D eigenvalue weighted by Gasteiger charge is 2.22. The second-order valence-electron chi connectivity index (χ2n) is 5.44. The van der Waals surface area contributed by atoms with Gasteiger partial charge in [0.15, 0.2) is 0 Å². The minimum atomic E-state index is -0.833. The molecule has 0 radical (unpaired) electrons. The van der Waals surface area contributed by atoms with Crippen molar-refractivity contribution in [2.75, 3.05) is 26.2 Å². The highest BCUT2D eigenvalue weighted by Crippen LogP contribution is 2.12. The summed E-state index contributed by atoms with van der Waals surface area (Å²) in [4.78, 5) is 27.0. The Kier molecular flexibility index (Phi) is 43.5. The lowest BCUT2D eigenvalue weighted by atomic mass is 10.2. The standard InChI is InChI=1S/C12H28N.3CH4N2O.HI.H2O/c1-5-9-13(10-6-2,11-7-3)12-8-4;3*2-1(3)4;;/h5-12H2,1-4H3;3*(H4,2,3,4);1H;1H2/q+1;;;;;/p-1. The Hall–Kier alpha value is -1.54. The largest absolute Gasteiger partial charge is 1.00 e. The zero-order valence-corrected chi connectivity index (χ0v) is 19.3. The molecule has 0 aliphatic carbocycles. The van der Waals surface area contributed by atoms with Crippen LogP contribution in [0.1, 0.15) is 53.4 Å². The van der Waals surface area contributed by atoms with Crippen molar-refractivity contribution in [1.82, 2.24) is 0 Å². The number of quaternary nitrogens is 1. The normalized spacial score (nSPS) is 8.44. The van der Waals surface area contributed by atoms with Gasteiger partial charge in [-0.3, -0.25) is 0 Å². The van der Waals surface area contributed by atoms with E-state index in [1.807, 2.05) is 0 Å². The lowest BCUT2D eigenvalue weighted by Gasteiger charge is -2.38. The van der Waals surface area contributed by atoms with E-state index in [1.54, 1.807) is 0 Å². The van der Waals surface area contributed by atoms with Gasteiger partial charge in [-0.25, -0.2) is 14.4 Å². The third-order valence-corrected chi connectivity index (χ3v) is 2.79. The Bertz CT molecular complexity index is 278. The molecule has 12 heteroatoms. The zero-order valence-electron chi connectivity index (χ0n) is 17.2. The molecule has 0 bridgehead atoms. The first kappa shape index (κ1) is 40.2. The van der Waals surface area contributed by atoms with Crippen LogP contribution in [0.2, 0.25) is 0 Å². The van der Waals surface area contributed by atoms with Gasteiger partial charge in [0.25, 0.3) is 0 Å². The van der Waals surface area contributed by atoms with E-state index in [0.29, 0.717) is 0 Å². The van der Waals surface area contributed by atoms with Crippen molar-refractivity contribution in [2.45, 2.75) is 53.4 Å². The van der Waals surface area contributed by atoms with Crippen LogP contribution in [-0.4, -0.2) is 54.2 Å². The molecule has 0 aromatic heterocycles. The number of amides is 6. The highest BCUT2D eigenvalue weighted by atomic mass is 127. The summed E-state index contributed by atoms with van der Waals surface area (Å²) in [6, 6.07) is -2.50.